The summed E-state index contributed by atoms with van der Waals surface area (Å²) in [6, 6.07) is 0. The summed E-state index contributed by atoms with van der Waals surface area (Å²) in [6.07, 6.45) is 5.54. The second kappa shape index (κ2) is 2.23. The first-order valence-electron chi connectivity index (χ1n) is 3.37. The largest absolute Gasteiger partial charge is 0.385 e. The van der Waals surface area contributed by atoms with Gasteiger partial charge in [0, 0.05) is 11.8 Å². The van der Waals surface area contributed by atoms with E-state index >= 15 is 0 Å². The Kier molecular flexibility index (Phi) is 1.25. The van der Waals surface area contributed by atoms with E-state index in [-0.39, 0.29) is 0 Å². The lowest BCUT2D eigenvalue weighted by Gasteiger charge is -2.09. The van der Waals surface area contributed by atoms with Crippen molar-refractivity contribution >= 4 is 12.0 Å². The van der Waals surface area contributed by atoms with Crippen molar-refractivity contribution in [1.29, 1.82) is 0 Å². The molecule has 1 aliphatic rings. The third kappa shape index (κ3) is 1.02. The van der Waals surface area contributed by atoms with Crippen molar-refractivity contribution in [2.24, 2.45) is 0 Å². The van der Waals surface area contributed by atoms with Crippen molar-refractivity contribution in [2.75, 3.05) is 5.73 Å². The molecule has 2 heterocycles. The Morgan fingerprint density at radius 1 is 1.55 bits per heavy atom. The molecule has 4 heteroatoms. The van der Waals surface area contributed by atoms with E-state index in [0.717, 1.165) is 17.8 Å². The second-order valence-corrected chi connectivity index (χ2v) is 2.34. The summed E-state index contributed by atoms with van der Waals surface area (Å²) in [6.45, 7) is 0.735. The van der Waals surface area contributed by atoms with Crippen LogP contribution in [-0.4, -0.2) is 9.97 Å². The molecule has 1 aromatic heterocycles. The van der Waals surface area contributed by atoms with Crippen LogP contribution in [0.5, 0.6) is 0 Å². The van der Waals surface area contributed by atoms with Gasteiger partial charge in [0.25, 0.3) is 0 Å². The smallest absolute Gasteiger partial charge is 0.220 e. The molecule has 0 saturated carbocycles. The number of nitrogen functional groups attached to an aromatic ring is 1. The van der Waals surface area contributed by atoms with Crippen molar-refractivity contribution < 1.29 is 0 Å². The SMILES string of the molecule is Nc1ncc2c(n1)CNC=C2. The molecule has 4 nitrogen and oxygen atoms in total. The van der Waals surface area contributed by atoms with Gasteiger partial charge < -0.3 is 11.1 Å². The third-order valence-corrected chi connectivity index (χ3v) is 1.57. The van der Waals surface area contributed by atoms with E-state index in [4.69, 9.17) is 5.73 Å². The molecule has 0 aromatic carbocycles. The van der Waals surface area contributed by atoms with Gasteiger partial charge in [-0.2, -0.15) is 0 Å². The topological polar surface area (TPSA) is 63.8 Å². The van der Waals surface area contributed by atoms with Gasteiger partial charge in [0.2, 0.25) is 5.95 Å². The standard InChI is InChI=1S/C7H8N4/c8-7-10-3-5-1-2-9-4-6(5)11-7/h1-3,9H,4H2,(H2,8,10,11). The monoisotopic (exact) mass is 148 g/mol. The average molecular weight is 148 g/mol. The summed E-state index contributed by atoms with van der Waals surface area (Å²) in [7, 11) is 0. The van der Waals surface area contributed by atoms with Crippen LogP contribution in [0.1, 0.15) is 11.3 Å². The molecule has 0 spiro atoms. The van der Waals surface area contributed by atoms with Gasteiger partial charge in [0.05, 0.1) is 12.2 Å². The van der Waals surface area contributed by atoms with Crippen LogP contribution in [0.3, 0.4) is 0 Å². The van der Waals surface area contributed by atoms with Crippen molar-refractivity contribution in [3.8, 4) is 0 Å². The Balaban J connectivity index is 2.53. The number of aromatic nitrogens is 2. The molecule has 0 aliphatic carbocycles. The third-order valence-electron chi connectivity index (χ3n) is 1.57. The van der Waals surface area contributed by atoms with Crippen molar-refractivity contribution in [3.63, 3.8) is 0 Å². The zero-order valence-corrected chi connectivity index (χ0v) is 5.91. The molecule has 0 amide bonds. The molecule has 2 rings (SSSR count). The molecule has 56 valence electrons. The van der Waals surface area contributed by atoms with Gasteiger partial charge in [-0.1, -0.05) is 0 Å². The second-order valence-electron chi connectivity index (χ2n) is 2.34. The van der Waals surface area contributed by atoms with Gasteiger partial charge in [-0.15, -0.1) is 0 Å². The lowest BCUT2D eigenvalue weighted by molar-refractivity contribution is 0.818. The Morgan fingerprint density at radius 3 is 3.36 bits per heavy atom. The number of nitrogens with two attached hydrogens (primary N) is 1. The number of nitrogens with one attached hydrogen (secondary N) is 1. The highest BCUT2D eigenvalue weighted by Crippen LogP contribution is 2.10. The summed E-state index contributed by atoms with van der Waals surface area (Å²) in [5, 5.41) is 3.04. The molecule has 1 aliphatic heterocycles. The minimum absolute atomic E-state index is 0.334. The number of hydrogen-bond donors (Lipinski definition) is 2. The van der Waals surface area contributed by atoms with E-state index in [1.54, 1.807) is 6.20 Å². The summed E-state index contributed by atoms with van der Waals surface area (Å²) in [5.41, 5.74) is 7.41. The molecule has 0 unspecified atom stereocenters. The van der Waals surface area contributed by atoms with E-state index in [1.165, 1.54) is 0 Å². The van der Waals surface area contributed by atoms with Crippen molar-refractivity contribution in [1.82, 2.24) is 15.3 Å². The van der Waals surface area contributed by atoms with Gasteiger partial charge in [0.15, 0.2) is 0 Å². The predicted octanol–water partition coefficient (Wildman–Crippen LogP) is 0.133. The van der Waals surface area contributed by atoms with Gasteiger partial charge in [0.1, 0.15) is 0 Å². The molecule has 3 N–H and O–H groups in total. The van der Waals surface area contributed by atoms with Crippen LogP contribution in [0.15, 0.2) is 12.4 Å². The fourth-order valence-electron chi connectivity index (χ4n) is 1.03. The number of nitrogens with zero attached hydrogens (tertiary/aromatic N) is 2. The van der Waals surface area contributed by atoms with Crippen LogP contribution in [0.2, 0.25) is 0 Å². The molecule has 0 atom stereocenters. The summed E-state index contributed by atoms with van der Waals surface area (Å²) < 4.78 is 0. The molecule has 0 bridgehead atoms. The number of fused-ring (bicyclic) bond motifs is 1. The minimum atomic E-state index is 0.334. The van der Waals surface area contributed by atoms with Crippen LogP contribution < -0.4 is 11.1 Å². The minimum Gasteiger partial charge on any atom is -0.385 e. The van der Waals surface area contributed by atoms with Gasteiger partial charge in [-0.25, -0.2) is 9.97 Å². The summed E-state index contributed by atoms with van der Waals surface area (Å²) in [4.78, 5) is 7.95. The molecule has 0 radical (unpaired) electrons. The van der Waals surface area contributed by atoms with E-state index in [0.29, 0.717) is 5.95 Å². The Hall–Kier alpha value is -1.58. The molecular formula is C7H8N4. The zero-order chi connectivity index (χ0) is 7.68. The van der Waals surface area contributed by atoms with Crippen molar-refractivity contribution in [2.45, 2.75) is 6.54 Å². The lowest BCUT2D eigenvalue weighted by Crippen LogP contribution is -2.13. The predicted molar refractivity (Wildman–Crippen MR) is 42.3 cm³/mol. The highest BCUT2D eigenvalue weighted by molar-refractivity contribution is 5.53. The van der Waals surface area contributed by atoms with E-state index < -0.39 is 0 Å². The van der Waals surface area contributed by atoms with Crippen LogP contribution in [-0.2, 0) is 6.54 Å². The zero-order valence-electron chi connectivity index (χ0n) is 5.91. The molecular weight excluding hydrogens is 140 g/mol. The molecule has 0 fully saturated rings. The summed E-state index contributed by atoms with van der Waals surface area (Å²) >= 11 is 0. The Morgan fingerprint density at radius 2 is 2.45 bits per heavy atom. The molecule has 11 heavy (non-hydrogen) atoms. The van der Waals surface area contributed by atoms with E-state index in [2.05, 4.69) is 15.3 Å². The summed E-state index contributed by atoms with van der Waals surface area (Å²) in [5.74, 6) is 0.334. The number of hydrogen-bond acceptors (Lipinski definition) is 4. The highest BCUT2D eigenvalue weighted by Gasteiger charge is 2.04. The lowest BCUT2D eigenvalue weighted by atomic mass is 10.2. The fraction of sp³-hybridized carbons (Fsp3) is 0.143. The first kappa shape index (κ1) is 6.15. The van der Waals surface area contributed by atoms with E-state index in [9.17, 15) is 0 Å². The van der Waals surface area contributed by atoms with Crippen LogP contribution in [0, 0.1) is 0 Å². The normalized spacial score (nSPS) is 13.8. The van der Waals surface area contributed by atoms with E-state index in [1.807, 2.05) is 12.3 Å². The Labute approximate surface area is 64.2 Å². The van der Waals surface area contributed by atoms with Crippen LogP contribution in [0.4, 0.5) is 5.95 Å². The first-order chi connectivity index (χ1) is 5.36. The molecule has 1 aromatic rings. The maximum Gasteiger partial charge on any atom is 0.220 e. The Bertz CT molecular complexity index is 305. The van der Waals surface area contributed by atoms with Gasteiger partial charge in [-0.05, 0) is 12.3 Å². The number of anilines is 1. The average Bonchev–Trinajstić information content (AvgIpc) is 2.04. The maximum absolute atomic E-state index is 5.41. The van der Waals surface area contributed by atoms with Gasteiger partial charge in [-0.3, -0.25) is 0 Å². The fourth-order valence-corrected chi connectivity index (χ4v) is 1.03. The van der Waals surface area contributed by atoms with Crippen molar-refractivity contribution in [3.05, 3.63) is 23.7 Å². The number of rotatable bonds is 0. The van der Waals surface area contributed by atoms with Crippen LogP contribution in [0.25, 0.3) is 6.08 Å². The quantitative estimate of drug-likeness (QED) is 0.549. The maximum atomic E-state index is 5.41. The van der Waals surface area contributed by atoms with Crippen LogP contribution >= 0.6 is 0 Å². The first-order valence-corrected chi connectivity index (χ1v) is 3.37. The van der Waals surface area contributed by atoms with Gasteiger partial charge >= 0.3 is 0 Å². The molecule has 0 saturated heterocycles. The highest BCUT2D eigenvalue weighted by atomic mass is 15.0.